The number of nitrogens with one attached hydrogen (secondary N) is 1. The minimum absolute atomic E-state index is 0.156. The lowest BCUT2D eigenvalue weighted by molar-refractivity contribution is 0.0730. The molecule has 0 saturated carbocycles. The van der Waals surface area contributed by atoms with Crippen LogP contribution in [-0.2, 0) is 13.2 Å². The van der Waals surface area contributed by atoms with Gasteiger partial charge < -0.3 is 14.4 Å². The van der Waals surface area contributed by atoms with Crippen LogP contribution in [0.4, 0.5) is 4.39 Å². The van der Waals surface area contributed by atoms with Crippen molar-refractivity contribution in [2.24, 2.45) is 0 Å². The second-order valence-corrected chi connectivity index (χ2v) is 9.39. The minimum atomic E-state index is -0.392. The molecule has 5 aromatic rings. The highest BCUT2D eigenvalue weighted by Gasteiger charge is 2.42. The van der Waals surface area contributed by atoms with Crippen molar-refractivity contribution < 1.29 is 18.7 Å². The molecule has 194 valence electrons. The van der Waals surface area contributed by atoms with Gasteiger partial charge in [0.15, 0.2) is 0 Å². The molecule has 4 aromatic carbocycles. The number of fused-ring (bicyclic) bond motifs is 1. The predicted octanol–water partition coefficient (Wildman–Crippen LogP) is 6.55. The lowest BCUT2D eigenvalue weighted by Crippen LogP contribution is -2.29. The largest absolute Gasteiger partial charge is 0.497 e. The topological polar surface area (TPSA) is 67.5 Å². The predicted molar refractivity (Wildman–Crippen MR) is 146 cm³/mol. The van der Waals surface area contributed by atoms with Gasteiger partial charge in [0, 0.05) is 17.7 Å². The number of carbonyl (C=O) groups is 1. The van der Waals surface area contributed by atoms with E-state index >= 15 is 0 Å². The van der Waals surface area contributed by atoms with Gasteiger partial charge in [-0.25, -0.2) is 4.39 Å². The average molecular weight is 520 g/mol. The summed E-state index contributed by atoms with van der Waals surface area (Å²) in [7, 11) is 1.62. The molecule has 6 nitrogen and oxygen atoms in total. The maximum atomic E-state index is 13.7. The number of benzene rings is 4. The maximum absolute atomic E-state index is 13.7. The van der Waals surface area contributed by atoms with Gasteiger partial charge in [0.2, 0.25) is 0 Å². The summed E-state index contributed by atoms with van der Waals surface area (Å²) >= 11 is 0. The second kappa shape index (κ2) is 10.5. The standard InChI is InChI=1S/C32H26FN3O3/c1-38-26-15-9-23(10-16-26)29-28-30(35-34-29)32(37)36(19-21-7-13-25(33)14-8-21)31(28)24-11-17-27(18-12-24)39-20-22-5-3-2-4-6-22/h2-18,31H,19-20H2,1H3,(H,34,35). The zero-order valence-electron chi connectivity index (χ0n) is 21.3. The molecule has 1 atom stereocenters. The van der Waals surface area contributed by atoms with Gasteiger partial charge in [-0.3, -0.25) is 9.89 Å². The lowest BCUT2D eigenvalue weighted by Gasteiger charge is -2.26. The van der Waals surface area contributed by atoms with Gasteiger partial charge in [-0.1, -0.05) is 54.6 Å². The van der Waals surface area contributed by atoms with E-state index in [0.29, 0.717) is 24.5 Å². The van der Waals surface area contributed by atoms with Gasteiger partial charge in [-0.05, 0) is 65.2 Å². The van der Waals surface area contributed by atoms with Crippen LogP contribution in [0.2, 0.25) is 0 Å². The van der Waals surface area contributed by atoms with E-state index in [9.17, 15) is 9.18 Å². The average Bonchev–Trinajstić information content (AvgIpc) is 3.53. The molecule has 1 unspecified atom stereocenters. The first-order valence-corrected chi connectivity index (χ1v) is 12.7. The van der Waals surface area contributed by atoms with Gasteiger partial charge >= 0.3 is 0 Å². The third-order valence-corrected chi connectivity index (χ3v) is 6.94. The summed E-state index contributed by atoms with van der Waals surface area (Å²) in [5.74, 6) is 1.00. The van der Waals surface area contributed by atoms with E-state index in [1.165, 1.54) is 12.1 Å². The van der Waals surface area contributed by atoms with E-state index in [4.69, 9.17) is 9.47 Å². The summed E-state index contributed by atoms with van der Waals surface area (Å²) in [4.78, 5) is 15.5. The van der Waals surface area contributed by atoms with Crippen LogP contribution in [0.1, 0.15) is 38.8 Å². The molecular formula is C32H26FN3O3. The Morgan fingerprint density at radius 3 is 2.23 bits per heavy atom. The fourth-order valence-electron chi connectivity index (χ4n) is 4.95. The Kier molecular flexibility index (Phi) is 6.55. The highest BCUT2D eigenvalue weighted by molar-refractivity contribution is 6.00. The van der Waals surface area contributed by atoms with Crippen molar-refractivity contribution in [3.8, 4) is 22.8 Å². The molecule has 1 aliphatic rings. The molecule has 0 spiro atoms. The van der Waals surface area contributed by atoms with Crippen molar-refractivity contribution in [3.05, 3.63) is 137 Å². The van der Waals surface area contributed by atoms with E-state index in [1.807, 2.05) is 78.9 Å². The molecule has 1 aliphatic heterocycles. The van der Waals surface area contributed by atoms with Gasteiger partial charge in [-0.2, -0.15) is 5.10 Å². The van der Waals surface area contributed by atoms with Crippen molar-refractivity contribution in [2.45, 2.75) is 19.2 Å². The van der Waals surface area contributed by atoms with Crippen LogP contribution < -0.4 is 9.47 Å². The van der Waals surface area contributed by atoms with Gasteiger partial charge in [0.05, 0.1) is 18.8 Å². The Bertz CT molecular complexity index is 1580. The number of aromatic nitrogens is 2. The number of methoxy groups -OCH3 is 1. The molecule has 0 aliphatic carbocycles. The first-order valence-electron chi connectivity index (χ1n) is 12.7. The molecule has 6 rings (SSSR count). The van der Waals surface area contributed by atoms with Gasteiger partial charge in [0.1, 0.15) is 29.6 Å². The smallest absolute Gasteiger partial charge is 0.273 e. The van der Waals surface area contributed by atoms with Crippen molar-refractivity contribution in [3.63, 3.8) is 0 Å². The Morgan fingerprint density at radius 1 is 0.846 bits per heavy atom. The Hall–Kier alpha value is -4.91. The second-order valence-electron chi connectivity index (χ2n) is 9.39. The quantitative estimate of drug-likeness (QED) is 0.253. The minimum Gasteiger partial charge on any atom is -0.497 e. The zero-order chi connectivity index (χ0) is 26.8. The van der Waals surface area contributed by atoms with E-state index in [1.54, 1.807) is 24.1 Å². The van der Waals surface area contributed by atoms with Crippen molar-refractivity contribution >= 4 is 5.91 Å². The number of hydrogen-bond donors (Lipinski definition) is 1. The number of nitrogens with zero attached hydrogens (tertiary/aromatic N) is 2. The van der Waals surface area contributed by atoms with Crippen LogP contribution in [0.5, 0.6) is 11.5 Å². The van der Waals surface area contributed by atoms with Crippen LogP contribution in [0.15, 0.2) is 103 Å². The first-order chi connectivity index (χ1) is 19.1. The third kappa shape index (κ3) is 4.86. The third-order valence-electron chi connectivity index (χ3n) is 6.94. The summed E-state index contributed by atoms with van der Waals surface area (Å²) in [6.07, 6.45) is 0. The van der Waals surface area contributed by atoms with Crippen LogP contribution in [-0.4, -0.2) is 28.1 Å². The molecule has 1 amide bonds. The monoisotopic (exact) mass is 519 g/mol. The van der Waals surface area contributed by atoms with E-state index < -0.39 is 6.04 Å². The van der Waals surface area contributed by atoms with Gasteiger partial charge in [0.25, 0.3) is 5.91 Å². The molecule has 0 saturated heterocycles. The fraction of sp³-hybridized carbons (Fsp3) is 0.125. The molecule has 0 fully saturated rings. The van der Waals surface area contributed by atoms with Crippen molar-refractivity contribution in [1.82, 2.24) is 15.1 Å². The lowest BCUT2D eigenvalue weighted by atomic mass is 9.95. The summed E-state index contributed by atoms with van der Waals surface area (Å²) in [5, 5.41) is 7.52. The molecule has 2 heterocycles. The number of amides is 1. The normalized spacial score (nSPS) is 14.4. The number of carbonyl (C=O) groups excluding carboxylic acids is 1. The number of ether oxygens (including phenoxy) is 2. The van der Waals surface area contributed by atoms with Crippen LogP contribution >= 0.6 is 0 Å². The molecule has 0 bridgehead atoms. The maximum Gasteiger partial charge on any atom is 0.273 e. The molecule has 1 N–H and O–H groups in total. The highest BCUT2D eigenvalue weighted by Crippen LogP contribution is 2.44. The number of hydrogen-bond acceptors (Lipinski definition) is 4. The Morgan fingerprint density at radius 2 is 1.54 bits per heavy atom. The van der Waals surface area contributed by atoms with Crippen LogP contribution in [0.25, 0.3) is 11.3 Å². The molecule has 1 aromatic heterocycles. The number of H-pyrrole nitrogens is 1. The molecule has 7 heteroatoms. The van der Waals surface area contributed by atoms with E-state index in [0.717, 1.165) is 39.3 Å². The Balaban J connectivity index is 1.35. The zero-order valence-corrected chi connectivity index (χ0v) is 21.3. The number of halogens is 1. The fourth-order valence-corrected chi connectivity index (χ4v) is 4.95. The molecule has 0 radical (unpaired) electrons. The first kappa shape index (κ1) is 24.4. The number of aromatic amines is 1. The SMILES string of the molecule is COc1ccc(-c2n[nH]c3c2C(c2ccc(OCc4ccccc4)cc2)N(Cc2ccc(F)cc2)C3=O)cc1. The Labute approximate surface area is 225 Å². The highest BCUT2D eigenvalue weighted by atomic mass is 19.1. The summed E-state index contributed by atoms with van der Waals surface area (Å²) in [6, 6.07) is 31.2. The van der Waals surface area contributed by atoms with E-state index in [-0.39, 0.29) is 11.7 Å². The number of rotatable bonds is 8. The van der Waals surface area contributed by atoms with E-state index in [2.05, 4.69) is 10.2 Å². The van der Waals surface area contributed by atoms with Crippen LogP contribution in [0.3, 0.4) is 0 Å². The summed E-state index contributed by atoms with van der Waals surface area (Å²) < 4.78 is 24.9. The summed E-state index contributed by atoms with van der Waals surface area (Å²) in [6.45, 7) is 0.785. The molecular weight excluding hydrogens is 493 g/mol. The van der Waals surface area contributed by atoms with Crippen LogP contribution in [0, 0.1) is 5.82 Å². The summed E-state index contributed by atoms with van der Waals surface area (Å²) in [5.41, 5.74) is 5.69. The van der Waals surface area contributed by atoms with Crippen molar-refractivity contribution in [2.75, 3.05) is 7.11 Å². The van der Waals surface area contributed by atoms with Crippen molar-refractivity contribution in [1.29, 1.82) is 0 Å². The van der Waals surface area contributed by atoms with Gasteiger partial charge in [-0.15, -0.1) is 0 Å². The molecule has 39 heavy (non-hydrogen) atoms.